The van der Waals surface area contributed by atoms with Crippen molar-refractivity contribution in [1.29, 1.82) is 0 Å². The lowest BCUT2D eigenvalue weighted by Gasteiger charge is -2.13. The van der Waals surface area contributed by atoms with Crippen LogP contribution in [0.1, 0.15) is 20.3 Å². The second-order valence-corrected chi connectivity index (χ2v) is 4.68. The quantitative estimate of drug-likeness (QED) is 0.878. The SMILES string of the molecule is CCC(C)NC(=O)CNc1c(F)cccc1Br. The van der Waals surface area contributed by atoms with E-state index in [9.17, 15) is 9.18 Å². The molecule has 1 unspecified atom stereocenters. The van der Waals surface area contributed by atoms with E-state index in [2.05, 4.69) is 26.6 Å². The Labute approximate surface area is 109 Å². The summed E-state index contributed by atoms with van der Waals surface area (Å²) in [6, 6.07) is 4.80. The van der Waals surface area contributed by atoms with Gasteiger partial charge >= 0.3 is 0 Å². The second-order valence-electron chi connectivity index (χ2n) is 3.83. The molecule has 1 aromatic carbocycles. The lowest BCUT2D eigenvalue weighted by molar-refractivity contribution is -0.120. The molecule has 0 aliphatic carbocycles. The minimum absolute atomic E-state index is 0.0594. The first kappa shape index (κ1) is 14.0. The van der Waals surface area contributed by atoms with Gasteiger partial charge in [0.25, 0.3) is 0 Å². The zero-order valence-corrected chi connectivity index (χ0v) is 11.5. The summed E-state index contributed by atoms with van der Waals surface area (Å²) in [6.45, 7) is 3.98. The van der Waals surface area contributed by atoms with Crippen molar-refractivity contribution < 1.29 is 9.18 Å². The van der Waals surface area contributed by atoms with Crippen LogP contribution in [0.3, 0.4) is 0 Å². The standard InChI is InChI=1S/C12H16BrFN2O/c1-3-8(2)16-11(17)7-15-12-9(13)5-4-6-10(12)14/h4-6,8,15H,3,7H2,1-2H3,(H,16,17). The Morgan fingerprint density at radius 3 is 2.82 bits per heavy atom. The summed E-state index contributed by atoms with van der Waals surface area (Å²) in [4.78, 5) is 11.5. The molecule has 94 valence electrons. The fourth-order valence-electron chi connectivity index (χ4n) is 1.26. The van der Waals surface area contributed by atoms with Crippen LogP contribution in [0.2, 0.25) is 0 Å². The number of carbonyl (C=O) groups excluding carboxylic acids is 1. The average Bonchev–Trinajstić information content (AvgIpc) is 2.28. The number of anilines is 1. The van der Waals surface area contributed by atoms with Gasteiger partial charge in [-0.25, -0.2) is 4.39 Å². The zero-order valence-electron chi connectivity index (χ0n) is 9.89. The normalized spacial score (nSPS) is 12.0. The number of carbonyl (C=O) groups is 1. The van der Waals surface area contributed by atoms with Gasteiger partial charge in [-0.2, -0.15) is 0 Å². The van der Waals surface area contributed by atoms with Crippen LogP contribution < -0.4 is 10.6 Å². The molecule has 0 bridgehead atoms. The molecule has 3 nitrogen and oxygen atoms in total. The molecule has 0 aliphatic heterocycles. The van der Waals surface area contributed by atoms with Gasteiger partial charge in [0.15, 0.2) is 0 Å². The molecule has 17 heavy (non-hydrogen) atoms. The summed E-state index contributed by atoms with van der Waals surface area (Å²) in [5, 5.41) is 5.58. The largest absolute Gasteiger partial charge is 0.373 e. The molecule has 1 rings (SSSR count). The number of para-hydroxylation sites is 1. The van der Waals surface area contributed by atoms with Gasteiger partial charge in [0.1, 0.15) is 5.82 Å². The molecule has 2 N–H and O–H groups in total. The van der Waals surface area contributed by atoms with E-state index in [1.54, 1.807) is 12.1 Å². The number of hydrogen-bond acceptors (Lipinski definition) is 2. The predicted octanol–water partition coefficient (Wildman–Crippen LogP) is 2.91. The Morgan fingerprint density at radius 2 is 2.24 bits per heavy atom. The fourth-order valence-corrected chi connectivity index (χ4v) is 1.75. The molecule has 1 atom stereocenters. The molecule has 0 radical (unpaired) electrons. The molecule has 1 aromatic rings. The highest BCUT2D eigenvalue weighted by Gasteiger charge is 2.09. The van der Waals surface area contributed by atoms with Crippen LogP contribution in [-0.2, 0) is 4.79 Å². The highest BCUT2D eigenvalue weighted by atomic mass is 79.9. The van der Waals surface area contributed by atoms with Crippen molar-refractivity contribution in [1.82, 2.24) is 5.32 Å². The number of nitrogens with one attached hydrogen (secondary N) is 2. The van der Waals surface area contributed by atoms with Gasteiger partial charge < -0.3 is 10.6 Å². The van der Waals surface area contributed by atoms with Crippen LogP contribution in [0, 0.1) is 5.82 Å². The summed E-state index contributed by atoms with van der Waals surface area (Å²) < 4.78 is 14.0. The van der Waals surface area contributed by atoms with Crippen LogP contribution in [0.15, 0.2) is 22.7 Å². The molecule has 0 spiro atoms. The Hall–Kier alpha value is -1.10. The van der Waals surface area contributed by atoms with E-state index in [0.29, 0.717) is 10.2 Å². The number of rotatable bonds is 5. The predicted molar refractivity (Wildman–Crippen MR) is 70.5 cm³/mol. The van der Waals surface area contributed by atoms with Crippen LogP contribution in [0.25, 0.3) is 0 Å². The van der Waals surface area contributed by atoms with Gasteiger partial charge in [0, 0.05) is 10.5 Å². The van der Waals surface area contributed by atoms with E-state index in [0.717, 1.165) is 6.42 Å². The smallest absolute Gasteiger partial charge is 0.239 e. The zero-order chi connectivity index (χ0) is 12.8. The number of halogens is 2. The first-order valence-electron chi connectivity index (χ1n) is 5.51. The summed E-state index contributed by atoms with van der Waals surface area (Å²) in [5.41, 5.74) is 0.312. The Bertz CT molecular complexity index is 378. The monoisotopic (exact) mass is 302 g/mol. The molecular weight excluding hydrogens is 287 g/mol. The molecule has 0 aliphatic rings. The van der Waals surface area contributed by atoms with Crippen molar-refractivity contribution in [2.45, 2.75) is 26.3 Å². The van der Waals surface area contributed by atoms with Gasteiger partial charge in [-0.15, -0.1) is 0 Å². The molecule has 0 heterocycles. The van der Waals surface area contributed by atoms with Crippen molar-refractivity contribution in [2.75, 3.05) is 11.9 Å². The summed E-state index contributed by atoms with van der Waals surface area (Å²) in [5.74, 6) is -0.523. The topological polar surface area (TPSA) is 41.1 Å². The van der Waals surface area contributed by atoms with Gasteiger partial charge in [0.05, 0.1) is 12.2 Å². The van der Waals surface area contributed by atoms with Crippen LogP contribution in [0.4, 0.5) is 10.1 Å². The van der Waals surface area contributed by atoms with Crippen molar-refractivity contribution in [3.05, 3.63) is 28.5 Å². The van der Waals surface area contributed by atoms with Crippen molar-refractivity contribution in [2.24, 2.45) is 0 Å². The van der Waals surface area contributed by atoms with E-state index >= 15 is 0 Å². The van der Waals surface area contributed by atoms with Crippen molar-refractivity contribution in [3.8, 4) is 0 Å². The van der Waals surface area contributed by atoms with Crippen molar-refractivity contribution in [3.63, 3.8) is 0 Å². The third kappa shape index (κ3) is 4.34. The molecule has 0 aromatic heterocycles. The maximum absolute atomic E-state index is 13.4. The molecule has 0 saturated heterocycles. The summed E-state index contributed by atoms with van der Waals surface area (Å²) in [6.07, 6.45) is 0.870. The molecular formula is C12H16BrFN2O. The van der Waals surface area contributed by atoms with Crippen LogP contribution >= 0.6 is 15.9 Å². The second kappa shape index (κ2) is 6.59. The number of benzene rings is 1. The van der Waals surface area contributed by atoms with Gasteiger partial charge in [-0.05, 0) is 41.4 Å². The molecule has 5 heteroatoms. The minimum Gasteiger partial charge on any atom is -0.373 e. The highest BCUT2D eigenvalue weighted by molar-refractivity contribution is 9.10. The van der Waals surface area contributed by atoms with Crippen molar-refractivity contribution >= 4 is 27.5 Å². The Balaban J connectivity index is 2.53. The highest BCUT2D eigenvalue weighted by Crippen LogP contribution is 2.24. The van der Waals surface area contributed by atoms with Gasteiger partial charge in [-0.3, -0.25) is 4.79 Å². The molecule has 1 amide bonds. The summed E-state index contributed by atoms with van der Waals surface area (Å²) in [7, 11) is 0. The van der Waals surface area contributed by atoms with Crippen LogP contribution in [0.5, 0.6) is 0 Å². The first-order chi connectivity index (χ1) is 8.04. The minimum atomic E-state index is -0.379. The van der Waals surface area contributed by atoms with Crippen LogP contribution in [-0.4, -0.2) is 18.5 Å². The number of amides is 1. The van der Waals surface area contributed by atoms with Gasteiger partial charge in [0.2, 0.25) is 5.91 Å². The Morgan fingerprint density at radius 1 is 1.53 bits per heavy atom. The van der Waals surface area contributed by atoms with Gasteiger partial charge in [-0.1, -0.05) is 13.0 Å². The third-order valence-corrected chi connectivity index (χ3v) is 3.07. The molecule has 0 saturated carbocycles. The maximum atomic E-state index is 13.4. The van der Waals surface area contributed by atoms with E-state index in [1.807, 2.05) is 13.8 Å². The van der Waals surface area contributed by atoms with E-state index in [1.165, 1.54) is 6.07 Å². The molecule has 0 fully saturated rings. The lowest BCUT2D eigenvalue weighted by Crippen LogP contribution is -2.36. The average molecular weight is 303 g/mol. The first-order valence-corrected chi connectivity index (χ1v) is 6.31. The number of hydrogen-bond donors (Lipinski definition) is 2. The third-order valence-electron chi connectivity index (χ3n) is 2.41. The van der Waals surface area contributed by atoms with E-state index in [4.69, 9.17) is 0 Å². The maximum Gasteiger partial charge on any atom is 0.239 e. The summed E-state index contributed by atoms with van der Waals surface area (Å²) >= 11 is 3.23. The van der Waals surface area contributed by atoms with E-state index in [-0.39, 0.29) is 24.3 Å². The fraction of sp³-hybridized carbons (Fsp3) is 0.417. The lowest BCUT2D eigenvalue weighted by atomic mass is 10.2. The Kier molecular flexibility index (Phi) is 5.41. The van der Waals surface area contributed by atoms with E-state index < -0.39 is 0 Å².